The van der Waals surface area contributed by atoms with Crippen LogP contribution in [0.25, 0.3) is 0 Å². The highest BCUT2D eigenvalue weighted by molar-refractivity contribution is 7.99. The molecule has 2 aromatic heterocycles. The minimum Gasteiger partial charge on any atom is -0.383 e. The predicted octanol–water partition coefficient (Wildman–Crippen LogP) is 0.604. The molecule has 0 fully saturated rings. The standard InChI is InChI=1S/C9H13N7S/c1-4-6-11-7(10)5(2)8(12-6)17-9-13-14-15-16(9)3/h4H2,1-3H3,(H2,10,11,12). The van der Waals surface area contributed by atoms with E-state index in [0.717, 1.165) is 22.8 Å². The first-order chi connectivity index (χ1) is 8.11. The van der Waals surface area contributed by atoms with Gasteiger partial charge >= 0.3 is 0 Å². The maximum atomic E-state index is 5.84. The SMILES string of the molecule is CCc1nc(N)c(C)c(Sc2nnnn2C)n1. The van der Waals surface area contributed by atoms with Crippen molar-refractivity contribution in [1.82, 2.24) is 30.2 Å². The van der Waals surface area contributed by atoms with Gasteiger partial charge in [0.2, 0.25) is 5.16 Å². The monoisotopic (exact) mass is 251 g/mol. The maximum Gasteiger partial charge on any atom is 0.215 e. The number of aromatic nitrogens is 6. The number of rotatable bonds is 3. The summed E-state index contributed by atoms with van der Waals surface area (Å²) in [5.74, 6) is 1.24. The predicted molar refractivity (Wildman–Crippen MR) is 63.5 cm³/mol. The van der Waals surface area contributed by atoms with Crippen LogP contribution in [0, 0.1) is 6.92 Å². The number of nitrogens with two attached hydrogens (primary N) is 1. The number of nitrogens with zero attached hydrogens (tertiary/aromatic N) is 6. The number of hydrogen-bond donors (Lipinski definition) is 1. The van der Waals surface area contributed by atoms with Crippen molar-refractivity contribution in [3.63, 3.8) is 0 Å². The average molecular weight is 251 g/mol. The highest BCUT2D eigenvalue weighted by atomic mass is 32.2. The molecule has 90 valence electrons. The summed E-state index contributed by atoms with van der Waals surface area (Å²) in [7, 11) is 1.78. The number of tetrazole rings is 1. The molecule has 2 aromatic rings. The second kappa shape index (κ2) is 4.66. The lowest BCUT2D eigenvalue weighted by molar-refractivity contribution is 0.664. The summed E-state index contributed by atoms with van der Waals surface area (Å²) in [6.07, 6.45) is 0.745. The van der Waals surface area contributed by atoms with E-state index in [1.54, 1.807) is 11.7 Å². The summed E-state index contributed by atoms with van der Waals surface area (Å²) < 4.78 is 1.59. The third kappa shape index (κ3) is 2.36. The fourth-order valence-corrected chi connectivity index (χ4v) is 2.04. The van der Waals surface area contributed by atoms with E-state index in [0.29, 0.717) is 11.0 Å². The molecule has 0 aliphatic carbocycles. The van der Waals surface area contributed by atoms with Gasteiger partial charge in [0.05, 0.1) is 0 Å². The first kappa shape index (κ1) is 11.8. The van der Waals surface area contributed by atoms with Gasteiger partial charge in [0.15, 0.2) is 0 Å². The van der Waals surface area contributed by atoms with E-state index >= 15 is 0 Å². The fourth-order valence-electron chi connectivity index (χ4n) is 1.21. The molecular weight excluding hydrogens is 238 g/mol. The van der Waals surface area contributed by atoms with Gasteiger partial charge in [0.25, 0.3) is 0 Å². The van der Waals surface area contributed by atoms with E-state index in [1.165, 1.54) is 11.8 Å². The molecule has 0 aliphatic rings. The zero-order valence-corrected chi connectivity index (χ0v) is 10.7. The average Bonchev–Trinajstić information content (AvgIpc) is 2.70. The number of aryl methyl sites for hydroxylation is 2. The van der Waals surface area contributed by atoms with Crippen molar-refractivity contribution in [2.24, 2.45) is 7.05 Å². The van der Waals surface area contributed by atoms with E-state index in [9.17, 15) is 0 Å². The normalized spacial score (nSPS) is 10.8. The minimum atomic E-state index is 0.509. The second-order valence-corrected chi connectivity index (χ2v) is 4.45. The summed E-state index contributed by atoms with van der Waals surface area (Å²) in [5, 5.41) is 12.7. The summed E-state index contributed by atoms with van der Waals surface area (Å²) >= 11 is 1.39. The van der Waals surface area contributed by atoms with Crippen molar-refractivity contribution < 1.29 is 0 Å². The summed E-state index contributed by atoms with van der Waals surface area (Å²) in [5.41, 5.74) is 6.70. The molecule has 0 saturated carbocycles. The van der Waals surface area contributed by atoms with Gasteiger partial charge in [-0.1, -0.05) is 6.92 Å². The van der Waals surface area contributed by atoms with Crippen LogP contribution in [-0.2, 0) is 13.5 Å². The van der Waals surface area contributed by atoms with Crippen molar-refractivity contribution in [2.45, 2.75) is 30.5 Å². The van der Waals surface area contributed by atoms with Crippen molar-refractivity contribution in [1.29, 1.82) is 0 Å². The number of anilines is 1. The molecule has 17 heavy (non-hydrogen) atoms. The van der Waals surface area contributed by atoms with Crippen molar-refractivity contribution in [3.8, 4) is 0 Å². The maximum absolute atomic E-state index is 5.84. The van der Waals surface area contributed by atoms with Gasteiger partial charge in [-0.3, -0.25) is 0 Å². The Morgan fingerprint density at radius 2 is 2.12 bits per heavy atom. The topological polar surface area (TPSA) is 95.4 Å². The Morgan fingerprint density at radius 1 is 1.35 bits per heavy atom. The lowest BCUT2D eigenvalue weighted by Gasteiger charge is -2.07. The van der Waals surface area contributed by atoms with E-state index in [1.807, 2.05) is 13.8 Å². The molecule has 0 atom stereocenters. The molecule has 8 heteroatoms. The molecule has 2 N–H and O–H groups in total. The van der Waals surface area contributed by atoms with Crippen molar-refractivity contribution >= 4 is 17.6 Å². The Morgan fingerprint density at radius 3 is 2.71 bits per heavy atom. The number of hydrogen-bond acceptors (Lipinski definition) is 7. The molecule has 0 aromatic carbocycles. The van der Waals surface area contributed by atoms with Gasteiger partial charge in [-0.15, -0.1) is 5.10 Å². The first-order valence-corrected chi connectivity index (χ1v) is 5.96. The van der Waals surface area contributed by atoms with E-state index in [2.05, 4.69) is 25.5 Å². The molecule has 2 rings (SSSR count). The Balaban J connectivity index is 2.38. The van der Waals surface area contributed by atoms with Gasteiger partial charge in [-0.25, -0.2) is 14.6 Å². The van der Waals surface area contributed by atoms with Gasteiger partial charge in [-0.05, 0) is 29.1 Å². The lowest BCUT2D eigenvalue weighted by Crippen LogP contribution is -2.04. The smallest absolute Gasteiger partial charge is 0.215 e. The van der Waals surface area contributed by atoms with Crippen LogP contribution in [0.2, 0.25) is 0 Å². The van der Waals surface area contributed by atoms with E-state index in [4.69, 9.17) is 5.73 Å². The van der Waals surface area contributed by atoms with Gasteiger partial charge in [-0.2, -0.15) is 0 Å². The van der Waals surface area contributed by atoms with Crippen LogP contribution in [0.15, 0.2) is 10.2 Å². The Labute approximate surface area is 103 Å². The van der Waals surface area contributed by atoms with Crippen LogP contribution in [0.3, 0.4) is 0 Å². The first-order valence-electron chi connectivity index (χ1n) is 5.15. The molecular formula is C9H13N7S. The van der Waals surface area contributed by atoms with E-state index in [-0.39, 0.29) is 0 Å². The highest BCUT2D eigenvalue weighted by Crippen LogP contribution is 2.28. The van der Waals surface area contributed by atoms with Gasteiger partial charge in [0, 0.05) is 19.0 Å². The molecule has 7 nitrogen and oxygen atoms in total. The van der Waals surface area contributed by atoms with Crippen LogP contribution in [-0.4, -0.2) is 30.2 Å². The Bertz CT molecular complexity index is 536. The van der Waals surface area contributed by atoms with Crippen LogP contribution in [0.5, 0.6) is 0 Å². The summed E-state index contributed by atoms with van der Waals surface area (Å²) in [4.78, 5) is 8.63. The van der Waals surface area contributed by atoms with Crippen LogP contribution in [0.1, 0.15) is 18.3 Å². The zero-order valence-electron chi connectivity index (χ0n) is 9.88. The minimum absolute atomic E-state index is 0.509. The Hall–Kier alpha value is -1.70. The lowest BCUT2D eigenvalue weighted by atomic mass is 10.3. The largest absolute Gasteiger partial charge is 0.383 e. The molecule has 0 bridgehead atoms. The quantitative estimate of drug-likeness (QED) is 0.798. The van der Waals surface area contributed by atoms with Crippen LogP contribution < -0.4 is 5.73 Å². The van der Waals surface area contributed by atoms with Crippen molar-refractivity contribution in [2.75, 3.05) is 5.73 Å². The van der Waals surface area contributed by atoms with Gasteiger partial charge in [0.1, 0.15) is 16.7 Å². The van der Waals surface area contributed by atoms with Gasteiger partial charge < -0.3 is 5.73 Å². The zero-order chi connectivity index (χ0) is 12.4. The molecule has 0 aliphatic heterocycles. The molecule has 0 amide bonds. The fraction of sp³-hybridized carbons (Fsp3) is 0.444. The third-order valence-corrected chi connectivity index (χ3v) is 3.39. The Kier molecular flexibility index (Phi) is 3.23. The highest BCUT2D eigenvalue weighted by Gasteiger charge is 2.12. The molecule has 0 spiro atoms. The van der Waals surface area contributed by atoms with Crippen LogP contribution in [0.4, 0.5) is 5.82 Å². The summed E-state index contributed by atoms with van der Waals surface area (Å²) in [6.45, 7) is 3.88. The second-order valence-electron chi connectivity index (χ2n) is 3.50. The van der Waals surface area contributed by atoms with Crippen LogP contribution >= 0.6 is 11.8 Å². The third-order valence-electron chi connectivity index (χ3n) is 2.27. The van der Waals surface area contributed by atoms with Crippen molar-refractivity contribution in [3.05, 3.63) is 11.4 Å². The molecule has 0 radical (unpaired) electrons. The molecule has 0 saturated heterocycles. The summed E-state index contributed by atoms with van der Waals surface area (Å²) in [6, 6.07) is 0. The molecule has 2 heterocycles. The number of nitrogen functional groups attached to an aromatic ring is 1. The molecule has 0 unspecified atom stereocenters. The van der Waals surface area contributed by atoms with E-state index < -0.39 is 0 Å².